The number of aromatic nitrogens is 4. The molecule has 4 rings (SSSR count). The van der Waals surface area contributed by atoms with E-state index >= 15 is 0 Å². The molecule has 30 heavy (non-hydrogen) atoms. The van der Waals surface area contributed by atoms with E-state index in [1.165, 1.54) is 42.9 Å². The lowest BCUT2D eigenvalue weighted by molar-refractivity contribution is 0.0646. The van der Waals surface area contributed by atoms with Crippen LogP contribution in [0.4, 0.5) is 15.0 Å². The van der Waals surface area contributed by atoms with Gasteiger partial charge in [0.2, 0.25) is 0 Å². The van der Waals surface area contributed by atoms with Gasteiger partial charge in [0, 0.05) is 18.7 Å². The number of aryl methyl sites for hydroxylation is 1. The maximum absolute atomic E-state index is 13.2. The van der Waals surface area contributed by atoms with E-state index in [0.717, 1.165) is 0 Å². The van der Waals surface area contributed by atoms with Gasteiger partial charge in [0.25, 0.3) is 5.91 Å². The summed E-state index contributed by atoms with van der Waals surface area (Å²) in [5, 5.41) is 3.25. The first-order valence-corrected chi connectivity index (χ1v) is 9.99. The highest BCUT2D eigenvalue weighted by Crippen LogP contribution is 2.36. The molecule has 2 amide bonds. The Morgan fingerprint density at radius 1 is 1.23 bits per heavy atom. The van der Waals surface area contributed by atoms with Crippen molar-refractivity contribution in [1.82, 2.24) is 23.8 Å². The predicted octanol–water partition coefficient (Wildman–Crippen LogP) is 3.24. The fourth-order valence-corrected chi connectivity index (χ4v) is 4.16. The minimum atomic E-state index is -0.662. The Labute approximate surface area is 175 Å². The molecular formula is C19H19FN6O3S. The average molecular weight is 430 g/mol. The number of nitrogens with zero attached hydrogens (tertiary/aromatic N) is 5. The molecule has 1 aliphatic heterocycles. The Hall–Kier alpha value is -3.34. The van der Waals surface area contributed by atoms with Gasteiger partial charge in [-0.2, -0.15) is 4.37 Å². The van der Waals surface area contributed by atoms with Crippen LogP contribution in [0.1, 0.15) is 34.8 Å². The molecule has 156 valence electrons. The Bertz CT molecular complexity index is 1110. The molecule has 11 heteroatoms. The number of hydrogen-bond donors (Lipinski definition) is 1. The maximum atomic E-state index is 13.2. The van der Waals surface area contributed by atoms with Crippen LogP contribution in [0, 0.1) is 12.7 Å². The molecule has 9 nitrogen and oxygen atoms in total. The highest BCUT2D eigenvalue weighted by atomic mass is 32.1. The number of nitrogens with one attached hydrogen (secondary N) is 1. The van der Waals surface area contributed by atoms with Crippen molar-refractivity contribution in [3.63, 3.8) is 0 Å². The van der Waals surface area contributed by atoms with Gasteiger partial charge >= 0.3 is 6.09 Å². The van der Waals surface area contributed by atoms with Gasteiger partial charge in [0.1, 0.15) is 11.6 Å². The molecule has 1 unspecified atom stereocenters. The van der Waals surface area contributed by atoms with E-state index in [1.807, 2.05) is 11.5 Å². The van der Waals surface area contributed by atoms with E-state index in [-0.39, 0.29) is 5.91 Å². The summed E-state index contributed by atoms with van der Waals surface area (Å²) in [6.45, 7) is 4.52. The van der Waals surface area contributed by atoms with Crippen molar-refractivity contribution in [2.75, 3.05) is 19.0 Å². The number of anilines is 1. The lowest BCUT2D eigenvalue weighted by atomic mass is 10.1. The zero-order valence-electron chi connectivity index (χ0n) is 16.5. The van der Waals surface area contributed by atoms with Crippen molar-refractivity contribution < 1.29 is 18.7 Å². The Morgan fingerprint density at radius 3 is 2.60 bits per heavy atom. The van der Waals surface area contributed by atoms with E-state index in [9.17, 15) is 14.0 Å². The van der Waals surface area contributed by atoms with Crippen molar-refractivity contribution >= 4 is 29.4 Å². The van der Waals surface area contributed by atoms with E-state index < -0.39 is 18.0 Å². The van der Waals surface area contributed by atoms with Crippen LogP contribution in [0.2, 0.25) is 0 Å². The second-order valence-corrected chi connectivity index (χ2v) is 7.52. The first-order chi connectivity index (χ1) is 14.4. The summed E-state index contributed by atoms with van der Waals surface area (Å²) in [7, 11) is 1.26. The number of methoxy groups -OCH3 is 1. The summed E-state index contributed by atoms with van der Waals surface area (Å²) in [6, 6.07) is 5.02. The molecule has 0 saturated heterocycles. The number of rotatable bonds is 3. The number of imidazole rings is 1. The highest BCUT2D eigenvalue weighted by molar-refractivity contribution is 7.09. The van der Waals surface area contributed by atoms with Crippen molar-refractivity contribution in [1.29, 1.82) is 0 Å². The van der Waals surface area contributed by atoms with Gasteiger partial charge < -0.3 is 14.2 Å². The summed E-state index contributed by atoms with van der Waals surface area (Å²) in [5.41, 5.74) is 1.05. The molecule has 1 atom stereocenters. The Kier molecular flexibility index (Phi) is 5.20. The molecule has 0 fully saturated rings. The number of carbonyl (C=O) groups is 2. The molecule has 0 aliphatic carbocycles. The number of hydrogen-bond acceptors (Lipinski definition) is 7. The summed E-state index contributed by atoms with van der Waals surface area (Å²) in [5.74, 6) is 0.869. The van der Waals surface area contributed by atoms with Crippen LogP contribution >= 0.6 is 11.5 Å². The fourth-order valence-electron chi connectivity index (χ4n) is 3.49. The molecule has 3 heterocycles. The first kappa shape index (κ1) is 20.0. The number of amides is 2. The standard InChI is InChI=1S/C19H19FN6O3S/c1-10-14-15(23-19(28)29-3)22-16(17-21-11(2)24-30-17)26(14)9-8-25(10)18(27)12-4-6-13(20)7-5-12/h4-7,10H,8-9H2,1-3H3,(H,23,28). The third-order valence-corrected chi connectivity index (χ3v) is 5.71. The summed E-state index contributed by atoms with van der Waals surface area (Å²) >= 11 is 1.22. The number of fused-ring (bicyclic) bond motifs is 1. The van der Waals surface area contributed by atoms with E-state index in [4.69, 9.17) is 4.74 Å². The molecule has 0 radical (unpaired) electrons. The van der Waals surface area contributed by atoms with Crippen LogP contribution < -0.4 is 5.32 Å². The second kappa shape index (κ2) is 7.82. The molecule has 2 aromatic heterocycles. The smallest absolute Gasteiger partial charge is 0.412 e. The Morgan fingerprint density at radius 2 is 1.97 bits per heavy atom. The number of ether oxygens (including phenoxy) is 1. The first-order valence-electron chi connectivity index (χ1n) is 9.21. The largest absolute Gasteiger partial charge is 0.453 e. The monoisotopic (exact) mass is 430 g/mol. The van der Waals surface area contributed by atoms with Crippen LogP contribution in [0.15, 0.2) is 24.3 Å². The van der Waals surface area contributed by atoms with Crippen LogP contribution in [-0.4, -0.2) is 49.5 Å². The predicted molar refractivity (Wildman–Crippen MR) is 108 cm³/mol. The summed E-state index contributed by atoms with van der Waals surface area (Å²) < 4.78 is 24.1. The summed E-state index contributed by atoms with van der Waals surface area (Å²) in [6.07, 6.45) is -0.662. The van der Waals surface area contributed by atoms with Gasteiger partial charge in [-0.15, -0.1) is 0 Å². The number of halogens is 1. The molecule has 1 aromatic carbocycles. The molecule has 0 bridgehead atoms. The van der Waals surface area contributed by atoms with Crippen molar-refractivity contribution in [2.24, 2.45) is 0 Å². The number of benzene rings is 1. The molecule has 1 aliphatic rings. The van der Waals surface area contributed by atoms with Crippen LogP contribution in [0.5, 0.6) is 0 Å². The molecular weight excluding hydrogens is 411 g/mol. The fraction of sp³-hybridized carbons (Fsp3) is 0.316. The lowest BCUT2D eigenvalue weighted by Crippen LogP contribution is -2.41. The van der Waals surface area contributed by atoms with E-state index in [2.05, 4.69) is 19.7 Å². The molecule has 0 saturated carbocycles. The normalized spacial score (nSPS) is 15.6. The van der Waals surface area contributed by atoms with E-state index in [1.54, 1.807) is 11.8 Å². The average Bonchev–Trinajstić information content (AvgIpc) is 3.32. The topological polar surface area (TPSA) is 102 Å². The van der Waals surface area contributed by atoms with Gasteiger partial charge in [-0.3, -0.25) is 10.1 Å². The second-order valence-electron chi connectivity index (χ2n) is 6.77. The minimum Gasteiger partial charge on any atom is -0.453 e. The zero-order chi connectivity index (χ0) is 21.4. The van der Waals surface area contributed by atoms with Gasteiger partial charge in [0.05, 0.1) is 18.8 Å². The van der Waals surface area contributed by atoms with Crippen LogP contribution in [-0.2, 0) is 11.3 Å². The Balaban J connectivity index is 1.74. The SMILES string of the molecule is COC(=O)Nc1nc(-c2nc(C)ns2)n2c1C(C)N(C(=O)c1ccc(F)cc1)CC2. The van der Waals surface area contributed by atoms with E-state index in [0.29, 0.717) is 46.8 Å². The van der Waals surface area contributed by atoms with Gasteiger partial charge in [-0.1, -0.05) is 0 Å². The van der Waals surface area contributed by atoms with Crippen LogP contribution in [0.25, 0.3) is 10.8 Å². The third-order valence-electron chi connectivity index (χ3n) is 4.91. The molecule has 1 N–H and O–H groups in total. The summed E-state index contributed by atoms with van der Waals surface area (Å²) in [4.78, 5) is 35.5. The molecule has 0 spiro atoms. The third kappa shape index (κ3) is 3.52. The number of carbonyl (C=O) groups excluding carboxylic acids is 2. The maximum Gasteiger partial charge on any atom is 0.412 e. The minimum absolute atomic E-state index is 0.229. The van der Waals surface area contributed by atoms with Crippen molar-refractivity contribution in [3.8, 4) is 10.8 Å². The van der Waals surface area contributed by atoms with Gasteiger partial charge in [-0.05, 0) is 49.6 Å². The van der Waals surface area contributed by atoms with Crippen LogP contribution in [0.3, 0.4) is 0 Å². The lowest BCUT2D eigenvalue weighted by Gasteiger charge is -2.35. The van der Waals surface area contributed by atoms with Gasteiger partial charge in [0.15, 0.2) is 16.6 Å². The highest BCUT2D eigenvalue weighted by Gasteiger charge is 2.35. The quantitative estimate of drug-likeness (QED) is 0.684. The molecule has 3 aromatic rings. The van der Waals surface area contributed by atoms with Crippen molar-refractivity contribution in [2.45, 2.75) is 26.4 Å². The van der Waals surface area contributed by atoms with Crippen molar-refractivity contribution in [3.05, 3.63) is 47.2 Å². The van der Waals surface area contributed by atoms with Gasteiger partial charge in [-0.25, -0.2) is 19.2 Å². The zero-order valence-corrected chi connectivity index (χ0v) is 17.4.